The summed E-state index contributed by atoms with van der Waals surface area (Å²) in [5.41, 5.74) is 2.50. The Hall–Kier alpha value is -1.95. The summed E-state index contributed by atoms with van der Waals surface area (Å²) in [7, 11) is 0. The van der Waals surface area contributed by atoms with Gasteiger partial charge in [-0.15, -0.1) is 0 Å². The molecule has 2 rings (SSSR count). The van der Waals surface area contributed by atoms with Crippen molar-refractivity contribution in [1.29, 1.82) is 0 Å². The summed E-state index contributed by atoms with van der Waals surface area (Å²) in [6.45, 7) is 3.01. The Kier molecular flexibility index (Phi) is 3.11. The molecule has 0 fully saturated rings. The van der Waals surface area contributed by atoms with Crippen molar-refractivity contribution in [3.8, 4) is 6.07 Å². The fourth-order valence-corrected chi connectivity index (χ4v) is 2.01. The van der Waals surface area contributed by atoms with Gasteiger partial charge in [-0.25, -0.2) is 0 Å². The van der Waals surface area contributed by atoms with E-state index in [1.807, 2.05) is 12.1 Å². The molecule has 16 heavy (non-hydrogen) atoms. The molecule has 0 saturated heterocycles. The largest absolute Gasteiger partial charge is 0.498 e. The Bertz CT molecular complexity index is 546. The van der Waals surface area contributed by atoms with Gasteiger partial charge in [0.25, 0.3) is 6.07 Å². The smallest absolute Gasteiger partial charge is 0.298 e. The number of benzene rings is 1. The lowest BCUT2D eigenvalue weighted by Crippen LogP contribution is -1.99. The van der Waals surface area contributed by atoms with Gasteiger partial charge in [0.1, 0.15) is 0 Å². The van der Waals surface area contributed by atoms with Gasteiger partial charge >= 0.3 is 0 Å². The molecule has 0 bridgehead atoms. The average molecular weight is 214 g/mol. The van der Waals surface area contributed by atoms with E-state index in [0.717, 1.165) is 13.0 Å². The minimum atomic E-state index is 0.620. The number of nitrogens with zero attached hydrogens (tertiary/aromatic N) is 2. The van der Waals surface area contributed by atoms with E-state index in [1.54, 1.807) is 0 Å². The molecule has 82 valence electrons. The van der Waals surface area contributed by atoms with E-state index in [0.29, 0.717) is 6.42 Å². The number of hydrogen-bond acceptors (Lipinski definition) is 1. The molecule has 0 amide bonds. The molecule has 3 heteroatoms. The molecule has 0 saturated carbocycles. The van der Waals surface area contributed by atoms with Crippen molar-refractivity contribution in [2.75, 3.05) is 0 Å². The molecule has 0 aliphatic rings. The Morgan fingerprint density at radius 3 is 3.00 bits per heavy atom. The standard InChI is InChI=1S/C13H14N2O/c1-11-10-12-6-2-3-7-13(12)15(11)9-5-4-8-14-16/h2-3,6-7,10H,4-5,9H2,1H3. The first kappa shape index (κ1) is 10.6. The third kappa shape index (κ3) is 2.01. The second-order valence-corrected chi connectivity index (χ2v) is 3.85. The minimum absolute atomic E-state index is 0.620. The molecule has 0 radical (unpaired) electrons. The van der Waals surface area contributed by atoms with Crippen LogP contribution in [-0.4, -0.2) is 4.57 Å². The van der Waals surface area contributed by atoms with Crippen LogP contribution in [0.5, 0.6) is 0 Å². The highest BCUT2D eigenvalue weighted by molar-refractivity contribution is 5.81. The molecular formula is C13H14N2O. The Morgan fingerprint density at radius 2 is 2.19 bits per heavy atom. The van der Waals surface area contributed by atoms with Crippen LogP contribution in [0.2, 0.25) is 0 Å². The number of para-hydroxylation sites is 1. The van der Waals surface area contributed by atoms with Crippen LogP contribution >= 0.6 is 0 Å². The third-order valence-corrected chi connectivity index (χ3v) is 2.75. The van der Waals surface area contributed by atoms with E-state index in [1.165, 1.54) is 16.6 Å². The van der Waals surface area contributed by atoms with Crippen molar-refractivity contribution in [2.45, 2.75) is 26.3 Å². The summed E-state index contributed by atoms with van der Waals surface area (Å²) in [5.74, 6) is 0. The zero-order valence-electron chi connectivity index (χ0n) is 9.31. The number of hydrogen-bond donors (Lipinski definition) is 0. The molecular weight excluding hydrogens is 200 g/mol. The van der Waals surface area contributed by atoms with Crippen molar-refractivity contribution in [3.63, 3.8) is 0 Å². The van der Waals surface area contributed by atoms with Gasteiger partial charge in [0.05, 0.1) is 6.42 Å². The van der Waals surface area contributed by atoms with Crippen molar-refractivity contribution in [2.24, 2.45) is 0 Å². The van der Waals surface area contributed by atoms with E-state index >= 15 is 0 Å². The number of aryl methyl sites for hydroxylation is 2. The van der Waals surface area contributed by atoms with Crippen LogP contribution in [-0.2, 0) is 6.54 Å². The molecule has 1 heterocycles. The highest BCUT2D eigenvalue weighted by Crippen LogP contribution is 2.19. The molecule has 1 aromatic heterocycles. The van der Waals surface area contributed by atoms with Crippen LogP contribution in [0.3, 0.4) is 0 Å². The maximum absolute atomic E-state index is 9.88. The molecule has 1 aromatic carbocycles. The summed E-state index contributed by atoms with van der Waals surface area (Å²) in [6, 6.07) is 12.9. The van der Waals surface area contributed by atoms with Crippen molar-refractivity contribution in [3.05, 3.63) is 46.2 Å². The molecule has 3 nitrogen and oxygen atoms in total. The fraction of sp³-hybridized carbons (Fsp3) is 0.308. The number of fused-ring (bicyclic) bond motifs is 1. The van der Waals surface area contributed by atoms with Gasteiger partial charge in [0.2, 0.25) is 0 Å². The lowest BCUT2D eigenvalue weighted by atomic mass is 10.2. The van der Waals surface area contributed by atoms with Gasteiger partial charge in [-0.2, -0.15) is 0 Å². The zero-order valence-corrected chi connectivity index (χ0v) is 9.31. The predicted octanol–water partition coefficient (Wildman–Crippen LogP) is 3.56. The SMILES string of the molecule is Cc1cc2ccccc2n1CCCC#[N+][O-]. The third-order valence-electron chi connectivity index (χ3n) is 2.75. The summed E-state index contributed by atoms with van der Waals surface area (Å²) in [5, 5.41) is 13.8. The van der Waals surface area contributed by atoms with E-state index < -0.39 is 0 Å². The van der Waals surface area contributed by atoms with Crippen LogP contribution in [0.25, 0.3) is 15.9 Å². The maximum Gasteiger partial charge on any atom is 0.298 e. The second-order valence-electron chi connectivity index (χ2n) is 3.85. The zero-order chi connectivity index (χ0) is 11.4. The Balaban J connectivity index is 2.21. The normalized spacial score (nSPS) is 10.1. The van der Waals surface area contributed by atoms with Gasteiger partial charge in [0, 0.05) is 22.8 Å². The molecule has 0 N–H and O–H groups in total. The Labute approximate surface area is 94.7 Å². The van der Waals surface area contributed by atoms with Crippen molar-refractivity contribution in [1.82, 2.24) is 4.57 Å². The predicted molar refractivity (Wildman–Crippen MR) is 66.5 cm³/mol. The Morgan fingerprint density at radius 1 is 1.38 bits per heavy atom. The first-order valence-corrected chi connectivity index (χ1v) is 5.43. The first-order valence-electron chi connectivity index (χ1n) is 5.43. The maximum atomic E-state index is 9.88. The summed E-state index contributed by atoms with van der Waals surface area (Å²) in [4.78, 5) is 0. The van der Waals surface area contributed by atoms with Gasteiger partial charge < -0.3 is 9.77 Å². The summed E-state index contributed by atoms with van der Waals surface area (Å²) < 4.78 is 2.27. The summed E-state index contributed by atoms with van der Waals surface area (Å²) in [6.07, 6.45) is 1.51. The molecule has 2 aromatic rings. The fourth-order valence-electron chi connectivity index (χ4n) is 2.01. The first-order chi connectivity index (χ1) is 7.83. The lowest BCUT2D eigenvalue weighted by molar-refractivity contribution is 0.661. The lowest BCUT2D eigenvalue weighted by Gasteiger charge is -2.05. The highest BCUT2D eigenvalue weighted by Gasteiger charge is 2.04. The van der Waals surface area contributed by atoms with Crippen molar-refractivity contribution >= 4 is 10.9 Å². The number of rotatable bonds is 3. The molecule has 0 aliphatic heterocycles. The van der Waals surface area contributed by atoms with Crippen LogP contribution in [0.4, 0.5) is 0 Å². The minimum Gasteiger partial charge on any atom is -0.498 e. The van der Waals surface area contributed by atoms with E-state index in [9.17, 15) is 5.21 Å². The molecule has 0 aliphatic carbocycles. The van der Waals surface area contributed by atoms with E-state index in [2.05, 4.69) is 40.8 Å². The number of unbranched alkanes of at least 4 members (excludes halogenated alkanes) is 1. The van der Waals surface area contributed by atoms with Gasteiger partial charge in [0.15, 0.2) is 0 Å². The van der Waals surface area contributed by atoms with Crippen LogP contribution in [0.15, 0.2) is 30.3 Å². The summed E-state index contributed by atoms with van der Waals surface area (Å²) >= 11 is 0. The highest BCUT2D eigenvalue weighted by atomic mass is 16.4. The van der Waals surface area contributed by atoms with Crippen LogP contribution < -0.4 is 0 Å². The molecule has 0 atom stereocenters. The van der Waals surface area contributed by atoms with Gasteiger partial charge in [-0.05, 0) is 30.9 Å². The topological polar surface area (TPSA) is 32.3 Å². The average Bonchev–Trinajstić information content (AvgIpc) is 2.61. The quantitative estimate of drug-likeness (QED) is 0.568. The van der Waals surface area contributed by atoms with Gasteiger partial charge in [-0.3, -0.25) is 0 Å². The number of aromatic nitrogens is 1. The van der Waals surface area contributed by atoms with Crippen molar-refractivity contribution < 1.29 is 0 Å². The molecule has 0 unspecified atom stereocenters. The second kappa shape index (κ2) is 4.71. The van der Waals surface area contributed by atoms with Crippen LogP contribution in [0.1, 0.15) is 18.5 Å². The van der Waals surface area contributed by atoms with E-state index in [4.69, 9.17) is 0 Å². The van der Waals surface area contributed by atoms with E-state index in [-0.39, 0.29) is 0 Å². The van der Waals surface area contributed by atoms with Crippen LogP contribution in [0, 0.1) is 18.2 Å². The molecule has 0 spiro atoms. The van der Waals surface area contributed by atoms with Gasteiger partial charge in [-0.1, -0.05) is 18.2 Å². The monoisotopic (exact) mass is 214 g/mol.